The predicted molar refractivity (Wildman–Crippen MR) is 112 cm³/mol. The molecular weight excluding hydrogens is 432 g/mol. The van der Waals surface area contributed by atoms with Crippen LogP contribution in [0.4, 0.5) is 11.4 Å². The first-order valence-corrected chi connectivity index (χ1v) is 10.2. The van der Waals surface area contributed by atoms with Crippen LogP contribution in [0.3, 0.4) is 0 Å². The number of aromatic nitrogens is 2. The number of thioether (sulfide) groups is 1. The van der Waals surface area contributed by atoms with E-state index in [1.165, 1.54) is 17.6 Å². The lowest BCUT2D eigenvalue weighted by atomic mass is 10.2. The smallest absolute Gasteiger partial charge is 0.271 e. The van der Waals surface area contributed by atoms with Crippen LogP contribution >= 0.6 is 23.1 Å². The van der Waals surface area contributed by atoms with Crippen LogP contribution in [0.15, 0.2) is 56.3 Å². The fourth-order valence-electron chi connectivity index (χ4n) is 2.67. The second kappa shape index (κ2) is 8.00. The van der Waals surface area contributed by atoms with E-state index in [0.717, 1.165) is 30.0 Å². The molecule has 3 aromatic heterocycles. The second-order valence-electron chi connectivity index (χ2n) is 5.97. The zero-order valence-corrected chi connectivity index (χ0v) is 16.6. The van der Waals surface area contributed by atoms with Crippen molar-refractivity contribution >= 4 is 50.6 Å². The highest BCUT2D eigenvalue weighted by Gasteiger charge is 2.16. The van der Waals surface area contributed by atoms with Gasteiger partial charge in [-0.2, -0.15) is 0 Å². The minimum Gasteiger partial charge on any atom is -0.506 e. The molecule has 12 heteroatoms. The van der Waals surface area contributed by atoms with Crippen LogP contribution in [-0.4, -0.2) is 31.7 Å². The van der Waals surface area contributed by atoms with Crippen molar-refractivity contribution in [2.75, 3.05) is 11.1 Å². The first kappa shape index (κ1) is 19.7. The molecule has 0 saturated heterocycles. The Hall–Kier alpha value is -3.64. The summed E-state index contributed by atoms with van der Waals surface area (Å²) in [6.45, 7) is 0. The SMILES string of the molecule is O=C(CSc1nc2scc(-c3ccco3)c2c(=O)[nH]1)Nc1cc([N+](=O)[O-])ccc1O. The van der Waals surface area contributed by atoms with Gasteiger partial charge in [-0.1, -0.05) is 11.8 Å². The Morgan fingerprint density at radius 1 is 1.40 bits per heavy atom. The van der Waals surface area contributed by atoms with Gasteiger partial charge in [0.25, 0.3) is 11.2 Å². The number of phenols is 1. The molecule has 0 aliphatic carbocycles. The average Bonchev–Trinajstić information content (AvgIpc) is 3.37. The van der Waals surface area contributed by atoms with Gasteiger partial charge in [0.05, 0.1) is 28.0 Å². The van der Waals surface area contributed by atoms with E-state index in [1.54, 1.807) is 17.5 Å². The number of rotatable bonds is 6. The molecule has 1 amide bonds. The number of aromatic hydroxyl groups is 1. The van der Waals surface area contributed by atoms with E-state index < -0.39 is 10.8 Å². The molecule has 10 nitrogen and oxygen atoms in total. The number of nitrogens with zero attached hydrogens (tertiary/aromatic N) is 2. The quantitative estimate of drug-likeness (QED) is 0.134. The third-order valence-electron chi connectivity index (χ3n) is 4.01. The Bertz CT molecular complexity index is 1310. The normalized spacial score (nSPS) is 10.9. The molecule has 0 fully saturated rings. The number of hydrogen-bond donors (Lipinski definition) is 3. The van der Waals surface area contributed by atoms with E-state index in [4.69, 9.17) is 4.42 Å². The predicted octanol–water partition coefficient (Wildman–Crippen LogP) is 3.59. The molecule has 0 spiro atoms. The third-order valence-corrected chi connectivity index (χ3v) is 5.76. The molecule has 0 atom stereocenters. The molecule has 0 unspecified atom stereocenters. The van der Waals surface area contributed by atoms with E-state index in [2.05, 4.69) is 15.3 Å². The highest BCUT2D eigenvalue weighted by molar-refractivity contribution is 7.99. The number of fused-ring (bicyclic) bond motifs is 1. The Morgan fingerprint density at radius 3 is 2.97 bits per heavy atom. The number of benzene rings is 1. The maximum atomic E-state index is 12.5. The number of anilines is 1. The van der Waals surface area contributed by atoms with Crippen LogP contribution in [-0.2, 0) is 4.79 Å². The van der Waals surface area contributed by atoms with Crippen molar-refractivity contribution in [1.82, 2.24) is 9.97 Å². The number of furan rings is 1. The van der Waals surface area contributed by atoms with Crippen molar-refractivity contribution < 1.29 is 19.2 Å². The zero-order valence-electron chi connectivity index (χ0n) is 14.9. The van der Waals surface area contributed by atoms with Gasteiger partial charge < -0.3 is 19.8 Å². The highest BCUT2D eigenvalue weighted by atomic mass is 32.2. The summed E-state index contributed by atoms with van der Waals surface area (Å²) in [5, 5.41) is 25.5. The van der Waals surface area contributed by atoms with Crippen LogP contribution in [0.25, 0.3) is 21.5 Å². The van der Waals surface area contributed by atoms with E-state index in [-0.39, 0.29) is 33.6 Å². The summed E-state index contributed by atoms with van der Waals surface area (Å²) in [7, 11) is 0. The summed E-state index contributed by atoms with van der Waals surface area (Å²) in [4.78, 5) is 42.4. The number of carbonyl (C=O) groups is 1. The van der Waals surface area contributed by atoms with Gasteiger partial charge in [0, 0.05) is 23.1 Å². The van der Waals surface area contributed by atoms with Gasteiger partial charge in [0.15, 0.2) is 5.16 Å². The molecule has 0 aliphatic heterocycles. The molecule has 4 rings (SSSR count). The molecule has 152 valence electrons. The maximum absolute atomic E-state index is 12.5. The number of carbonyl (C=O) groups excluding carboxylic acids is 1. The van der Waals surface area contributed by atoms with Gasteiger partial charge in [-0.05, 0) is 18.2 Å². The molecule has 3 heterocycles. The minimum absolute atomic E-state index is 0.0759. The molecule has 3 N–H and O–H groups in total. The lowest BCUT2D eigenvalue weighted by Crippen LogP contribution is -2.15. The fourth-order valence-corrected chi connectivity index (χ4v) is 4.32. The van der Waals surface area contributed by atoms with Gasteiger partial charge in [0.2, 0.25) is 5.91 Å². The Balaban J connectivity index is 1.49. The minimum atomic E-state index is -0.633. The average molecular weight is 444 g/mol. The summed E-state index contributed by atoms with van der Waals surface area (Å²) in [6, 6.07) is 6.79. The number of hydrogen-bond acceptors (Lipinski definition) is 9. The molecule has 0 radical (unpaired) electrons. The number of H-pyrrole nitrogens is 1. The topological polar surface area (TPSA) is 151 Å². The molecule has 0 saturated carbocycles. The van der Waals surface area contributed by atoms with Gasteiger partial charge >= 0.3 is 0 Å². The van der Waals surface area contributed by atoms with Crippen LogP contribution < -0.4 is 10.9 Å². The lowest BCUT2D eigenvalue weighted by Gasteiger charge is -2.07. The van der Waals surface area contributed by atoms with Gasteiger partial charge in [-0.15, -0.1) is 11.3 Å². The molecule has 4 aromatic rings. The number of thiophene rings is 1. The third kappa shape index (κ3) is 3.90. The summed E-state index contributed by atoms with van der Waals surface area (Å²) in [6.07, 6.45) is 1.52. The number of nitro benzene ring substituents is 1. The number of nitrogens with one attached hydrogen (secondary N) is 2. The molecule has 1 aromatic carbocycles. The summed E-state index contributed by atoms with van der Waals surface area (Å²) >= 11 is 2.27. The number of phenolic OH excluding ortho intramolecular Hbond substituents is 1. The number of amides is 1. The van der Waals surface area contributed by atoms with Crippen molar-refractivity contribution in [2.24, 2.45) is 0 Å². The van der Waals surface area contributed by atoms with Gasteiger partial charge in [-0.25, -0.2) is 4.98 Å². The Kier molecular flexibility index (Phi) is 5.25. The van der Waals surface area contributed by atoms with Crippen LogP contribution in [0.1, 0.15) is 0 Å². The maximum Gasteiger partial charge on any atom is 0.271 e. The zero-order chi connectivity index (χ0) is 21.3. The Morgan fingerprint density at radius 2 is 2.23 bits per heavy atom. The molecule has 30 heavy (non-hydrogen) atoms. The molecule has 0 aliphatic rings. The number of nitro groups is 1. The van der Waals surface area contributed by atoms with E-state index in [0.29, 0.717) is 21.5 Å². The van der Waals surface area contributed by atoms with Gasteiger partial charge in [0.1, 0.15) is 16.3 Å². The van der Waals surface area contributed by atoms with Crippen molar-refractivity contribution in [2.45, 2.75) is 5.16 Å². The van der Waals surface area contributed by atoms with Gasteiger partial charge in [-0.3, -0.25) is 19.7 Å². The van der Waals surface area contributed by atoms with Crippen LogP contribution in [0, 0.1) is 10.1 Å². The summed E-state index contributed by atoms with van der Waals surface area (Å²) < 4.78 is 5.34. The molecule has 0 bridgehead atoms. The molecular formula is C18H12N4O6S2. The highest BCUT2D eigenvalue weighted by Crippen LogP contribution is 2.32. The standard InChI is InChI=1S/C18H12N4O6S2/c23-12-4-3-9(22(26)27)6-11(12)19-14(24)8-30-18-20-16(25)15-10(7-29-17(15)21-18)13-2-1-5-28-13/h1-7,23H,8H2,(H,19,24)(H,20,21,25). The van der Waals surface area contributed by atoms with E-state index >= 15 is 0 Å². The second-order valence-corrected chi connectivity index (χ2v) is 7.80. The van der Waals surface area contributed by atoms with Crippen molar-refractivity contribution in [3.63, 3.8) is 0 Å². The number of aromatic amines is 1. The van der Waals surface area contributed by atoms with Crippen molar-refractivity contribution in [3.8, 4) is 17.1 Å². The lowest BCUT2D eigenvalue weighted by molar-refractivity contribution is -0.384. The largest absolute Gasteiger partial charge is 0.506 e. The van der Waals surface area contributed by atoms with E-state index in [9.17, 15) is 24.8 Å². The van der Waals surface area contributed by atoms with Crippen LogP contribution in [0.5, 0.6) is 5.75 Å². The first-order chi connectivity index (χ1) is 14.4. The Labute approximate surface area is 175 Å². The van der Waals surface area contributed by atoms with Crippen molar-refractivity contribution in [1.29, 1.82) is 0 Å². The summed E-state index contributed by atoms with van der Waals surface area (Å²) in [5.74, 6) is -0.394. The summed E-state index contributed by atoms with van der Waals surface area (Å²) in [5.41, 5.74) is -0.0543. The van der Waals surface area contributed by atoms with Crippen LogP contribution in [0.2, 0.25) is 0 Å². The van der Waals surface area contributed by atoms with E-state index in [1.807, 2.05) is 0 Å². The number of non-ortho nitro benzene ring substituents is 1. The van der Waals surface area contributed by atoms with Crippen molar-refractivity contribution in [3.05, 3.63) is 62.4 Å². The fraction of sp³-hybridized carbons (Fsp3) is 0.0556. The monoisotopic (exact) mass is 444 g/mol. The first-order valence-electron chi connectivity index (χ1n) is 8.38.